The van der Waals surface area contributed by atoms with Gasteiger partial charge in [0.05, 0.1) is 54.5 Å². The average Bonchev–Trinajstić information content (AvgIpc) is 1.52. The lowest BCUT2D eigenvalue weighted by Gasteiger charge is -2.45. The highest BCUT2D eigenvalue weighted by atomic mass is 16.3. The van der Waals surface area contributed by atoms with Crippen LogP contribution in [0.4, 0.5) is 34.1 Å². The maximum atomic E-state index is 10.8. The van der Waals surface area contributed by atoms with Crippen molar-refractivity contribution in [2.45, 2.75) is 10.8 Å². The van der Waals surface area contributed by atoms with Crippen molar-refractivity contribution in [2.24, 2.45) is 0 Å². The summed E-state index contributed by atoms with van der Waals surface area (Å²) >= 11 is 0. The summed E-state index contributed by atoms with van der Waals surface area (Å²) in [5.41, 5.74) is 36.9. The number of para-hydroxylation sites is 6. The van der Waals surface area contributed by atoms with E-state index >= 15 is 0 Å². The van der Waals surface area contributed by atoms with Gasteiger partial charge in [-0.25, -0.2) is 0 Å². The molecule has 2 aliphatic heterocycles. The lowest BCUT2D eigenvalue weighted by Crippen LogP contribution is -2.61. The van der Waals surface area contributed by atoms with Crippen LogP contribution in [0.2, 0.25) is 0 Å². The van der Waals surface area contributed by atoms with Gasteiger partial charge in [-0.15, -0.1) is 0 Å². The van der Waals surface area contributed by atoms with E-state index in [1.54, 1.807) is 4.57 Å². The monoisotopic (exact) mass is 1580 g/mol. The fraction of sp³-hybridized carbons (Fsp3) is 0.0171. The van der Waals surface area contributed by atoms with Gasteiger partial charge in [0.1, 0.15) is 22.3 Å². The third-order valence-electron chi connectivity index (χ3n) is 27.9. The van der Waals surface area contributed by atoms with Gasteiger partial charge in [-0.05, 0) is 236 Å². The zero-order chi connectivity index (χ0) is 87.0. The molecule has 0 saturated heterocycles. The fourth-order valence-corrected chi connectivity index (χ4v) is 23.0. The van der Waals surface area contributed by atoms with E-state index in [1.807, 2.05) is 36.4 Å². The number of anilines is 6. The highest BCUT2D eigenvalue weighted by Gasteiger charge is 2.54. The molecule has 0 atom stereocenters. The maximum absolute atomic E-state index is 10.8. The Hall–Kier alpha value is -16.3. The van der Waals surface area contributed by atoms with E-state index in [1.165, 1.54) is 77.9 Å². The van der Waals surface area contributed by atoms with Gasteiger partial charge in [-0.3, -0.25) is 0 Å². The zero-order valence-corrected chi connectivity index (χ0v) is 66.3. The Morgan fingerprint density at radius 3 is 1.32 bits per heavy atom. The molecule has 0 bridgehead atoms. The number of aromatic nitrogens is 1. The molecule has 6 nitrogen and oxygen atoms in total. The second-order valence-electron chi connectivity index (χ2n) is 33.6. The third-order valence-corrected chi connectivity index (χ3v) is 27.9. The van der Waals surface area contributed by atoms with Crippen LogP contribution in [0.3, 0.4) is 0 Å². The van der Waals surface area contributed by atoms with Crippen molar-refractivity contribution in [3.63, 3.8) is 0 Å². The minimum absolute atomic E-state index is 0.00237. The second kappa shape index (κ2) is 24.9. The van der Waals surface area contributed by atoms with Gasteiger partial charge >= 0.3 is 0 Å². The Morgan fingerprint density at radius 2 is 0.734 bits per heavy atom. The quantitative estimate of drug-likeness (QED) is 0.149. The van der Waals surface area contributed by atoms with Gasteiger partial charge < -0.3 is 23.2 Å². The van der Waals surface area contributed by atoms with Gasteiger partial charge in [-0.2, -0.15) is 5.26 Å². The summed E-state index contributed by atoms with van der Waals surface area (Å²) in [5, 5.41) is 14.7. The minimum Gasteiger partial charge on any atom is -0.456 e. The third kappa shape index (κ3) is 8.82. The van der Waals surface area contributed by atoms with Crippen LogP contribution in [0.5, 0.6) is 0 Å². The zero-order valence-electron chi connectivity index (χ0n) is 73.3. The molecular weight excluding hydrogens is 1500 g/mol. The second-order valence-corrected chi connectivity index (χ2v) is 33.6. The number of rotatable bonds is 7. The standard InChI is InChI=1S/C117H67BN4O2/c119-68-69-48-57-106-91(60-69)85-32-9-20-45-105(85)120(106)75-53-56-101-108(67-75)122(104-44-19-8-25-77(104)72-50-55-100-90(63-72)84-31-6-17-42-98(84)117(100)95-39-14-3-28-81(95)82-29-4-15-40-96(82)117)110-66-74(70-52-59-113-92(61-70)87-34-11-21-46-111(87)123-113)65-109-114(110)118(101)102-64-73(78-35-23-36-88-86-33-10-22-47-112(86)124-115(78)88)51-58-107(102)121(109)103-43-18-7-24-76(103)71-49-54-99-89(62-71)83-30-5-16-41-97(83)116(99)93-37-12-1-26-79(93)80-27-2-13-38-94(80)116/h1-67H/i9D,20D,32D,45D,48D,57D,60D. The van der Waals surface area contributed by atoms with E-state index in [4.69, 9.17) is 8.83 Å². The lowest BCUT2D eigenvalue weighted by atomic mass is 9.33. The predicted octanol–water partition coefficient (Wildman–Crippen LogP) is 27.9. The molecule has 7 heteroatoms. The van der Waals surface area contributed by atoms with Gasteiger partial charge in [0, 0.05) is 77.4 Å². The SMILES string of the molecule is [2H]c1c([2H])c([2H])c2c(c1[2H])c1c([2H])c(C#N)c([2H])c([2H])c1n2-c1ccc2c(c1)N(c1ccccc1-c1ccc3c(c1)-c1ccccc1C31c3ccccc3-c3ccccc31)c1cc(-c3ccc4oc5ccccc5c4c3)cc3c1B2c1cc(-c2cccc4c2oc2ccccc24)ccc1N3c1ccccc1-c1ccc2c(c1)-c1ccccc1C21c2ccccc2-c2ccccc21. The number of hydrogen-bond donors (Lipinski definition) is 0. The fourth-order valence-electron chi connectivity index (χ4n) is 23.0. The average molecular weight is 1580 g/mol. The predicted molar refractivity (Wildman–Crippen MR) is 508 cm³/mol. The molecule has 0 amide bonds. The van der Waals surface area contributed by atoms with Crippen molar-refractivity contribution in [1.82, 2.24) is 4.57 Å². The van der Waals surface area contributed by atoms with Crippen LogP contribution in [-0.2, 0) is 10.8 Å². The van der Waals surface area contributed by atoms with Crippen molar-refractivity contribution >= 4 is 123 Å². The largest absolute Gasteiger partial charge is 0.456 e. The molecule has 0 saturated carbocycles. The first-order chi connectivity index (χ1) is 64.4. The maximum Gasteiger partial charge on any atom is 0.252 e. The molecule has 0 fully saturated rings. The molecule has 6 aliphatic rings. The molecule has 124 heavy (non-hydrogen) atoms. The van der Waals surface area contributed by atoms with Crippen molar-refractivity contribution in [3.05, 3.63) is 456 Å². The normalized spacial score (nSPS) is 14.7. The number of fused-ring (bicyclic) bond motifs is 33. The molecule has 5 heterocycles. The molecule has 2 spiro atoms. The Morgan fingerprint density at radius 1 is 0.282 bits per heavy atom. The highest BCUT2D eigenvalue weighted by Crippen LogP contribution is 2.66. The molecule has 570 valence electrons. The molecule has 0 radical (unpaired) electrons. The van der Waals surface area contributed by atoms with Crippen LogP contribution in [0, 0.1) is 11.3 Å². The summed E-state index contributed by atoms with van der Waals surface area (Å²) in [6.07, 6.45) is 0. The van der Waals surface area contributed by atoms with Crippen LogP contribution in [-0.4, -0.2) is 11.3 Å². The van der Waals surface area contributed by atoms with Crippen LogP contribution < -0.4 is 26.2 Å². The highest BCUT2D eigenvalue weighted by molar-refractivity contribution is 7.00. The van der Waals surface area contributed by atoms with Crippen molar-refractivity contribution in [2.75, 3.05) is 9.80 Å². The lowest BCUT2D eigenvalue weighted by molar-refractivity contribution is 0.669. The number of nitrogens with zero attached hydrogens (tertiary/aromatic N) is 4. The Kier molecular flexibility index (Phi) is 12.3. The number of nitriles is 1. The van der Waals surface area contributed by atoms with E-state index < -0.39 is 59.8 Å². The van der Waals surface area contributed by atoms with Gasteiger partial charge in [0.2, 0.25) is 0 Å². The van der Waals surface area contributed by atoms with Crippen molar-refractivity contribution < 1.29 is 18.4 Å². The van der Waals surface area contributed by atoms with Crippen molar-refractivity contribution in [1.29, 1.82) is 5.26 Å². The van der Waals surface area contributed by atoms with Crippen LogP contribution in [0.25, 0.3) is 160 Å². The molecule has 22 aromatic rings. The Bertz CT molecular complexity index is 8970. The first-order valence-electron chi connectivity index (χ1n) is 45.8. The summed E-state index contributed by atoms with van der Waals surface area (Å²) in [4.78, 5) is 4.91. The van der Waals surface area contributed by atoms with E-state index in [9.17, 15) is 14.9 Å². The molecular formula is C117H67BN4O2. The number of furan rings is 2. The molecule has 0 unspecified atom stereocenters. The van der Waals surface area contributed by atoms with E-state index in [0.29, 0.717) is 11.4 Å². The minimum atomic E-state index is -0.616. The number of benzene rings is 19. The van der Waals surface area contributed by atoms with Gasteiger partial charge in [0.25, 0.3) is 6.71 Å². The van der Waals surface area contributed by atoms with Crippen LogP contribution in [0.15, 0.2) is 415 Å². The molecule has 28 rings (SSSR count). The van der Waals surface area contributed by atoms with E-state index in [-0.39, 0.29) is 27.4 Å². The summed E-state index contributed by atoms with van der Waals surface area (Å²) in [6.45, 7) is -0.593. The van der Waals surface area contributed by atoms with Gasteiger partial charge in [0.15, 0.2) is 0 Å². The molecule has 4 aliphatic carbocycles. The summed E-state index contributed by atoms with van der Waals surface area (Å²) < 4.78 is 83.1. The first-order valence-corrected chi connectivity index (χ1v) is 42.3. The topological polar surface area (TPSA) is 61.5 Å². The van der Waals surface area contributed by atoms with Gasteiger partial charge in [-0.1, -0.05) is 303 Å². The summed E-state index contributed by atoms with van der Waals surface area (Å²) in [5.74, 6) is 0. The van der Waals surface area contributed by atoms with Crippen molar-refractivity contribution in [3.8, 4) is 101 Å². The summed E-state index contributed by atoms with van der Waals surface area (Å²) in [6, 6.07) is 131. The molecule has 3 aromatic heterocycles. The molecule has 19 aromatic carbocycles. The van der Waals surface area contributed by atoms with E-state index in [2.05, 4.69) is 343 Å². The number of hydrogen-bond acceptors (Lipinski definition) is 5. The summed E-state index contributed by atoms with van der Waals surface area (Å²) in [7, 11) is 0. The van der Waals surface area contributed by atoms with E-state index in [0.717, 1.165) is 144 Å². The Labute approximate surface area is 724 Å². The molecule has 0 N–H and O–H groups in total. The smallest absolute Gasteiger partial charge is 0.252 e. The Balaban J connectivity index is 0.749. The van der Waals surface area contributed by atoms with Crippen LogP contribution >= 0.6 is 0 Å². The van der Waals surface area contributed by atoms with Crippen LogP contribution in [0.1, 0.15) is 59.7 Å². The first kappa shape index (κ1) is 61.1.